The number of aromatic nitrogens is 3. The Hall–Kier alpha value is -2.72. The van der Waals surface area contributed by atoms with E-state index in [0.29, 0.717) is 47.7 Å². The Morgan fingerprint density at radius 1 is 1.13 bits per heavy atom. The summed E-state index contributed by atoms with van der Waals surface area (Å²) in [6.07, 6.45) is -0.568. The molecular weight excluding hydrogens is 529 g/mol. The van der Waals surface area contributed by atoms with Crippen molar-refractivity contribution < 1.29 is 23.1 Å². The number of ether oxygens (including phenoxy) is 2. The van der Waals surface area contributed by atoms with E-state index in [1.54, 1.807) is 31.4 Å². The second kappa shape index (κ2) is 12.4. The lowest BCUT2D eigenvalue weighted by atomic mass is 10.2. The van der Waals surface area contributed by atoms with Crippen LogP contribution in [-0.2, 0) is 31.7 Å². The molecule has 0 unspecified atom stereocenters. The summed E-state index contributed by atoms with van der Waals surface area (Å²) in [6, 6.07) is 14.0. The van der Waals surface area contributed by atoms with E-state index in [1.807, 2.05) is 49.6 Å². The lowest BCUT2D eigenvalue weighted by Gasteiger charge is -2.26. The lowest BCUT2D eigenvalue weighted by Crippen LogP contribution is -2.32. The van der Waals surface area contributed by atoms with Crippen LogP contribution in [0.1, 0.15) is 26.6 Å². The average molecular weight is 562 g/mol. The first kappa shape index (κ1) is 28.3. The molecule has 0 aliphatic carbocycles. The third kappa shape index (κ3) is 6.64. The van der Waals surface area contributed by atoms with Crippen LogP contribution < -0.4 is 15.3 Å². The van der Waals surface area contributed by atoms with Crippen molar-refractivity contribution in [3.63, 3.8) is 0 Å². The van der Waals surface area contributed by atoms with Crippen LogP contribution in [0.25, 0.3) is 21.9 Å². The fraction of sp³-hybridized carbons (Fsp3) is 0.385. The minimum absolute atomic E-state index is 0.272. The summed E-state index contributed by atoms with van der Waals surface area (Å²) in [4.78, 5) is 9.26. The van der Waals surface area contributed by atoms with Gasteiger partial charge in [-0.25, -0.2) is 19.6 Å². The minimum Gasteiger partial charge on any atom is -0.413 e. The molecule has 3 N–H and O–H groups in total. The molecule has 38 heavy (non-hydrogen) atoms. The summed E-state index contributed by atoms with van der Waals surface area (Å²) in [5, 5.41) is 4.40. The summed E-state index contributed by atoms with van der Waals surface area (Å²) >= 11 is 6.00. The molecule has 4 rings (SSSR count). The molecule has 0 bridgehead atoms. The van der Waals surface area contributed by atoms with Gasteiger partial charge in [-0.05, 0) is 51.1 Å². The van der Waals surface area contributed by atoms with Crippen LogP contribution in [0, 0.1) is 0 Å². The first-order valence-electron chi connectivity index (χ1n) is 12.3. The van der Waals surface area contributed by atoms with Crippen LogP contribution in [-0.4, -0.2) is 47.0 Å². The third-order valence-electron chi connectivity index (χ3n) is 5.72. The maximum absolute atomic E-state index is 14.0. The molecule has 10 nitrogen and oxygen atoms in total. The van der Waals surface area contributed by atoms with Crippen molar-refractivity contribution >= 4 is 47.1 Å². The second-order valence-electron chi connectivity index (χ2n) is 8.93. The number of rotatable bonds is 13. The van der Waals surface area contributed by atoms with Crippen molar-refractivity contribution in [2.24, 2.45) is 0 Å². The van der Waals surface area contributed by atoms with E-state index in [9.17, 15) is 4.57 Å². The monoisotopic (exact) mass is 561 g/mol. The molecule has 0 saturated carbocycles. The Morgan fingerprint density at radius 2 is 1.87 bits per heavy atom. The molecule has 204 valence electrons. The molecule has 4 aromatic rings. The molecule has 2 heterocycles. The first-order chi connectivity index (χ1) is 18.2. The Balaban J connectivity index is 1.69. The molecular formula is C26H33ClN5O5P. The Labute approximate surface area is 227 Å². The SMILES string of the molecule is CCOCc1nc2c(N)nc3ccccc3c2n1C[C@@H](C)O[P@@](=O)(N[C@@H](C)COC)Oc1ccc(Cl)cc1. The summed E-state index contributed by atoms with van der Waals surface area (Å²) in [6.45, 7) is 6.99. The average Bonchev–Trinajstić information content (AvgIpc) is 3.22. The van der Waals surface area contributed by atoms with Gasteiger partial charge in [0.2, 0.25) is 0 Å². The molecule has 3 atom stereocenters. The number of pyridine rings is 1. The van der Waals surface area contributed by atoms with Gasteiger partial charge in [-0.3, -0.25) is 4.52 Å². The van der Waals surface area contributed by atoms with Crippen molar-refractivity contribution in [1.82, 2.24) is 19.6 Å². The zero-order valence-electron chi connectivity index (χ0n) is 21.9. The Morgan fingerprint density at radius 3 is 2.58 bits per heavy atom. The molecule has 12 heteroatoms. The highest BCUT2D eigenvalue weighted by Crippen LogP contribution is 2.46. The van der Waals surface area contributed by atoms with Crippen LogP contribution in [0.5, 0.6) is 5.75 Å². The Bertz CT molecular complexity index is 1430. The highest BCUT2D eigenvalue weighted by molar-refractivity contribution is 7.52. The number of methoxy groups -OCH3 is 1. The van der Waals surface area contributed by atoms with Gasteiger partial charge in [0.1, 0.15) is 23.7 Å². The van der Waals surface area contributed by atoms with Crippen LogP contribution in [0.3, 0.4) is 0 Å². The van der Waals surface area contributed by atoms with Gasteiger partial charge in [-0.1, -0.05) is 29.8 Å². The van der Waals surface area contributed by atoms with Gasteiger partial charge in [0.15, 0.2) is 5.82 Å². The lowest BCUT2D eigenvalue weighted by molar-refractivity contribution is 0.120. The number of nitrogen functional groups attached to an aromatic ring is 1. The van der Waals surface area contributed by atoms with E-state index in [2.05, 4.69) is 10.1 Å². The standard InChI is InChI=1S/C26H33ClN5O5P/c1-5-35-16-23-30-24-25(21-8-6-7-9-22(21)29-26(24)28)32(23)14-18(3)36-38(33,31-17(2)15-34-4)37-20-12-10-19(27)11-13-20/h6-13,17-18H,5,14-16H2,1-4H3,(H2,28,29)(H,31,33)/t17-,18+,38-/m0/s1. The summed E-state index contributed by atoms with van der Waals surface area (Å²) in [5.74, 6) is 1.35. The van der Waals surface area contributed by atoms with E-state index in [4.69, 9.17) is 40.8 Å². The quantitative estimate of drug-likeness (QED) is 0.201. The van der Waals surface area contributed by atoms with Gasteiger partial charge < -0.3 is 24.3 Å². The minimum atomic E-state index is -3.85. The highest BCUT2D eigenvalue weighted by Gasteiger charge is 2.32. The topological polar surface area (TPSA) is 123 Å². The molecule has 0 aliphatic heterocycles. The van der Waals surface area contributed by atoms with Gasteiger partial charge in [0.25, 0.3) is 0 Å². The predicted octanol–water partition coefficient (Wildman–Crippen LogP) is 5.57. The van der Waals surface area contributed by atoms with Gasteiger partial charge in [-0.2, -0.15) is 0 Å². The smallest absolute Gasteiger partial charge is 0.413 e. The van der Waals surface area contributed by atoms with Crippen LogP contribution >= 0.6 is 19.3 Å². The number of nitrogens with one attached hydrogen (secondary N) is 1. The number of imidazole rings is 1. The molecule has 0 aliphatic rings. The summed E-state index contributed by atoms with van der Waals surface area (Å²) in [7, 11) is -2.28. The number of para-hydroxylation sites is 1. The number of nitrogens with zero attached hydrogens (tertiary/aromatic N) is 3. The van der Waals surface area contributed by atoms with Crippen LogP contribution in [0.15, 0.2) is 48.5 Å². The zero-order valence-corrected chi connectivity index (χ0v) is 23.5. The van der Waals surface area contributed by atoms with E-state index in [1.165, 1.54) is 0 Å². The molecule has 0 radical (unpaired) electrons. The number of hydrogen-bond donors (Lipinski definition) is 2. The van der Waals surface area contributed by atoms with E-state index >= 15 is 0 Å². The van der Waals surface area contributed by atoms with Crippen LogP contribution in [0.2, 0.25) is 5.02 Å². The van der Waals surface area contributed by atoms with Gasteiger partial charge in [0, 0.05) is 30.2 Å². The second-order valence-corrected chi connectivity index (χ2v) is 11.0. The van der Waals surface area contributed by atoms with Gasteiger partial charge >= 0.3 is 7.75 Å². The number of benzene rings is 2. The maximum atomic E-state index is 14.0. The van der Waals surface area contributed by atoms with Crippen molar-refractivity contribution in [2.45, 2.75) is 46.1 Å². The van der Waals surface area contributed by atoms with Crippen molar-refractivity contribution in [1.29, 1.82) is 0 Å². The van der Waals surface area contributed by atoms with Gasteiger partial charge in [-0.15, -0.1) is 0 Å². The maximum Gasteiger partial charge on any atom is 0.459 e. The highest BCUT2D eigenvalue weighted by atomic mass is 35.5. The molecule has 2 aromatic heterocycles. The number of halogens is 1. The van der Waals surface area contributed by atoms with Crippen molar-refractivity contribution in [3.05, 3.63) is 59.4 Å². The third-order valence-corrected chi connectivity index (χ3v) is 7.82. The van der Waals surface area contributed by atoms with Gasteiger partial charge in [0.05, 0.1) is 30.3 Å². The number of nitrogens with two attached hydrogens (primary N) is 1. The van der Waals surface area contributed by atoms with E-state index in [-0.39, 0.29) is 12.6 Å². The van der Waals surface area contributed by atoms with E-state index < -0.39 is 13.9 Å². The fourth-order valence-corrected chi connectivity index (χ4v) is 6.04. The molecule has 0 spiro atoms. The predicted molar refractivity (Wildman–Crippen MR) is 149 cm³/mol. The first-order valence-corrected chi connectivity index (χ1v) is 14.3. The number of anilines is 1. The number of fused-ring (bicyclic) bond motifs is 3. The normalized spacial score (nSPS) is 15.0. The van der Waals surface area contributed by atoms with E-state index in [0.717, 1.165) is 16.4 Å². The van der Waals surface area contributed by atoms with Crippen molar-refractivity contribution in [3.8, 4) is 5.75 Å². The fourth-order valence-electron chi connectivity index (χ4n) is 4.20. The molecule has 0 saturated heterocycles. The summed E-state index contributed by atoms with van der Waals surface area (Å²) in [5.41, 5.74) is 8.44. The summed E-state index contributed by atoms with van der Waals surface area (Å²) < 4.78 is 38.8. The molecule has 0 fully saturated rings. The Kier molecular flexibility index (Phi) is 9.25. The molecule has 2 aromatic carbocycles. The zero-order chi connectivity index (χ0) is 27.3. The van der Waals surface area contributed by atoms with Crippen LogP contribution in [0.4, 0.5) is 5.82 Å². The molecule has 0 amide bonds. The number of hydrogen-bond acceptors (Lipinski definition) is 8. The van der Waals surface area contributed by atoms with Crippen molar-refractivity contribution in [2.75, 3.05) is 26.1 Å². The largest absolute Gasteiger partial charge is 0.459 e.